The van der Waals surface area contributed by atoms with E-state index >= 15 is 0 Å². The number of halogens is 2. The first-order valence-corrected chi connectivity index (χ1v) is 19.4. The Kier molecular flexibility index (Phi) is 12.4. The molecule has 0 saturated heterocycles. The summed E-state index contributed by atoms with van der Waals surface area (Å²) in [5.41, 5.74) is 4.84. The zero-order chi connectivity index (χ0) is 40.8. The highest BCUT2D eigenvalue weighted by Crippen LogP contribution is 2.46. The summed E-state index contributed by atoms with van der Waals surface area (Å²) in [6.45, 7) is 3.08. The van der Waals surface area contributed by atoms with E-state index in [0.717, 1.165) is 17.1 Å². The average molecular weight is 820 g/mol. The number of likely N-dealkylation sites (N-methyl/N-ethyl adjacent to an activating group) is 1. The van der Waals surface area contributed by atoms with Crippen LogP contribution in [0.4, 0.5) is 4.39 Å². The third-order valence-corrected chi connectivity index (χ3v) is 10.6. The van der Waals surface area contributed by atoms with E-state index in [9.17, 15) is 14.3 Å². The van der Waals surface area contributed by atoms with Gasteiger partial charge in [0.05, 0.1) is 39.2 Å². The van der Waals surface area contributed by atoms with Crippen LogP contribution in [0.25, 0.3) is 43.9 Å². The molecule has 1 atom stereocenters. The molecule has 7 aromatic rings. The predicted molar refractivity (Wildman–Crippen MR) is 223 cm³/mol. The Morgan fingerprint density at radius 2 is 1.72 bits per heavy atom. The number of rotatable bonds is 16. The molecule has 4 aromatic carbocycles. The van der Waals surface area contributed by atoms with Crippen molar-refractivity contribution in [3.63, 3.8) is 0 Å². The Morgan fingerprint density at radius 1 is 0.931 bits per heavy atom. The highest BCUT2D eigenvalue weighted by molar-refractivity contribution is 7.13. The first-order chi connectivity index (χ1) is 28.1. The number of aromatic nitrogens is 4. The monoisotopic (exact) mass is 819 g/mol. The summed E-state index contributed by atoms with van der Waals surface area (Å²) in [5.74, 6) is 0.561. The second kappa shape index (κ2) is 18.0. The molecule has 0 fully saturated rings. The molecule has 0 amide bonds. The standard InChI is InChI=1S/C44H39ClFN5O6S/c1-26-31(16-17-35(40(26)45)55-21-20-51(2)3)38-39-37(24-48-41(38)28-11-9-12-29(46)22-28)58-50-43(39)57-36(44(52)53)23-27-10-5-7-14-33(27)56-25-30-18-19-47-42(49-30)32-13-6-8-15-34(32)54-4/h5-19,22,24,36H,20-21,23,25H2,1-4H3,(H,52,53)/t36-/m1/s1. The predicted octanol–water partition coefficient (Wildman–Crippen LogP) is 9.19. The quantitative estimate of drug-likeness (QED) is 0.100. The number of fused-ring (bicyclic) bond motifs is 1. The Labute approximate surface area is 343 Å². The van der Waals surface area contributed by atoms with Crippen LogP contribution in [0.2, 0.25) is 5.02 Å². The van der Waals surface area contributed by atoms with Gasteiger partial charge in [-0.25, -0.2) is 19.2 Å². The Morgan fingerprint density at radius 3 is 2.50 bits per heavy atom. The molecule has 0 aliphatic heterocycles. The van der Waals surface area contributed by atoms with Crippen LogP contribution < -0.4 is 18.9 Å². The maximum absolute atomic E-state index is 14.7. The first kappa shape index (κ1) is 40.1. The minimum Gasteiger partial charge on any atom is -0.496 e. The van der Waals surface area contributed by atoms with Gasteiger partial charge in [0, 0.05) is 36.5 Å². The number of hydrogen-bond acceptors (Lipinski definition) is 11. The first-order valence-electron chi connectivity index (χ1n) is 18.3. The largest absolute Gasteiger partial charge is 0.496 e. The molecule has 3 heterocycles. The summed E-state index contributed by atoms with van der Waals surface area (Å²) in [6.07, 6.45) is 1.85. The summed E-state index contributed by atoms with van der Waals surface area (Å²) in [4.78, 5) is 28.8. The number of aliphatic carboxylic acids is 1. The van der Waals surface area contributed by atoms with Crippen LogP contribution in [-0.2, 0) is 17.8 Å². The molecule has 11 nitrogen and oxygen atoms in total. The fourth-order valence-corrected chi connectivity index (χ4v) is 7.32. The molecule has 58 heavy (non-hydrogen) atoms. The third-order valence-electron chi connectivity index (χ3n) is 9.34. The fourth-order valence-electron chi connectivity index (χ4n) is 6.40. The normalized spacial score (nSPS) is 11.8. The summed E-state index contributed by atoms with van der Waals surface area (Å²) >= 11 is 8.05. The van der Waals surface area contributed by atoms with Gasteiger partial charge in [-0.15, -0.1) is 0 Å². The molecule has 14 heteroatoms. The third kappa shape index (κ3) is 8.86. The maximum atomic E-state index is 14.7. The summed E-state index contributed by atoms with van der Waals surface area (Å²) < 4.78 is 44.0. The van der Waals surface area contributed by atoms with E-state index in [-0.39, 0.29) is 18.9 Å². The number of benzene rings is 4. The number of pyridine rings is 1. The lowest BCUT2D eigenvalue weighted by Crippen LogP contribution is -2.29. The second-order valence-electron chi connectivity index (χ2n) is 13.5. The van der Waals surface area contributed by atoms with E-state index in [2.05, 4.69) is 14.3 Å². The minimum absolute atomic E-state index is 0.0538. The van der Waals surface area contributed by atoms with Gasteiger partial charge in [0.2, 0.25) is 12.0 Å². The minimum atomic E-state index is -1.37. The zero-order valence-electron chi connectivity index (χ0n) is 32.1. The lowest BCUT2D eigenvalue weighted by Gasteiger charge is -2.19. The van der Waals surface area contributed by atoms with Crippen LogP contribution in [0.5, 0.6) is 23.1 Å². The molecular formula is C44H39ClFN5O6S. The van der Waals surface area contributed by atoms with Crippen molar-refractivity contribution in [2.45, 2.75) is 26.1 Å². The van der Waals surface area contributed by atoms with Gasteiger partial charge in [0.15, 0.2) is 5.82 Å². The Balaban J connectivity index is 1.21. The molecule has 3 aromatic heterocycles. The van der Waals surface area contributed by atoms with Crippen LogP contribution in [0.3, 0.4) is 0 Å². The average Bonchev–Trinajstić information content (AvgIpc) is 3.64. The number of carboxylic acids is 1. The number of para-hydroxylation sites is 2. The fraction of sp³-hybridized carbons (Fsp3) is 0.205. The van der Waals surface area contributed by atoms with E-state index in [0.29, 0.717) is 90.5 Å². The van der Waals surface area contributed by atoms with Crippen molar-refractivity contribution in [2.75, 3.05) is 34.4 Å². The van der Waals surface area contributed by atoms with Gasteiger partial charge in [0.25, 0.3) is 0 Å². The van der Waals surface area contributed by atoms with E-state index in [1.165, 1.54) is 12.1 Å². The van der Waals surface area contributed by atoms with Crippen LogP contribution in [0, 0.1) is 12.7 Å². The molecule has 296 valence electrons. The van der Waals surface area contributed by atoms with Gasteiger partial charge in [-0.05, 0) is 91.7 Å². The SMILES string of the molecule is COc1ccccc1-c1nccc(COc2ccccc2C[C@@H](Oc2nsc3cnc(-c4cccc(F)c4)c(-c4ccc(OCCN(C)C)c(Cl)c4C)c23)C(=O)O)n1. The molecule has 7 rings (SSSR count). The van der Waals surface area contributed by atoms with Crippen molar-refractivity contribution in [3.8, 4) is 56.9 Å². The van der Waals surface area contributed by atoms with Crippen LogP contribution >= 0.6 is 23.1 Å². The van der Waals surface area contributed by atoms with Crippen molar-refractivity contribution >= 4 is 39.2 Å². The van der Waals surface area contributed by atoms with Crippen molar-refractivity contribution in [2.24, 2.45) is 0 Å². The van der Waals surface area contributed by atoms with Gasteiger partial charge in [-0.3, -0.25) is 4.98 Å². The van der Waals surface area contributed by atoms with Crippen molar-refractivity contribution in [1.29, 1.82) is 0 Å². The van der Waals surface area contributed by atoms with Crippen molar-refractivity contribution < 1.29 is 33.2 Å². The smallest absolute Gasteiger partial charge is 0.345 e. The molecular weight excluding hydrogens is 781 g/mol. The van der Waals surface area contributed by atoms with Gasteiger partial charge in [-0.2, -0.15) is 4.37 Å². The number of carbonyl (C=O) groups is 1. The van der Waals surface area contributed by atoms with E-state index < -0.39 is 17.9 Å². The van der Waals surface area contributed by atoms with Gasteiger partial charge in [-0.1, -0.05) is 60.1 Å². The highest BCUT2D eigenvalue weighted by Gasteiger charge is 2.28. The van der Waals surface area contributed by atoms with Gasteiger partial charge >= 0.3 is 5.97 Å². The van der Waals surface area contributed by atoms with Crippen LogP contribution in [-0.4, -0.2) is 75.8 Å². The maximum Gasteiger partial charge on any atom is 0.345 e. The molecule has 0 bridgehead atoms. The number of hydrogen-bond donors (Lipinski definition) is 1. The lowest BCUT2D eigenvalue weighted by molar-refractivity contribution is -0.145. The van der Waals surface area contributed by atoms with Crippen molar-refractivity contribution in [1.82, 2.24) is 24.2 Å². The highest BCUT2D eigenvalue weighted by atomic mass is 35.5. The van der Waals surface area contributed by atoms with Gasteiger partial charge in [0.1, 0.15) is 36.3 Å². The summed E-state index contributed by atoms with van der Waals surface area (Å²) in [5, 5.41) is 11.5. The van der Waals surface area contributed by atoms with E-state index in [4.69, 9.17) is 35.5 Å². The number of nitrogens with zero attached hydrogens (tertiary/aromatic N) is 5. The summed E-state index contributed by atoms with van der Waals surface area (Å²) in [7, 11) is 5.50. The molecule has 0 unspecified atom stereocenters. The molecule has 0 radical (unpaired) electrons. The van der Waals surface area contributed by atoms with Crippen LogP contribution in [0.1, 0.15) is 16.8 Å². The Hall–Kier alpha value is -6.15. The molecule has 0 aliphatic carbocycles. The Bertz CT molecular complexity index is 2590. The van der Waals surface area contributed by atoms with E-state index in [1.807, 2.05) is 62.3 Å². The number of methoxy groups -OCH3 is 1. The van der Waals surface area contributed by atoms with E-state index in [1.54, 1.807) is 62.0 Å². The number of carboxylic acid groups (broad SMARTS) is 1. The van der Waals surface area contributed by atoms with Crippen LogP contribution in [0.15, 0.2) is 103 Å². The lowest BCUT2D eigenvalue weighted by atomic mass is 9.93. The zero-order valence-corrected chi connectivity index (χ0v) is 33.7. The summed E-state index contributed by atoms with van der Waals surface area (Å²) in [6, 6.07) is 26.2. The molecule has 0 spiro atoms. The number of ether oxygens (including phenoxy) is 4. The molecule has 0 aliphatic rings. The molecule has 1 N–H and O–H groups in total. The second-order valence-corrected chi connectivity index (χ2v) is 14.7. The van der Waals surface area contributed by atoms with Crippen molar-refractivity contribution in [3.05, 3.63) is 131 Å². The topological polar surface area (TPSA) is 129 Å². The van der Waals surface area contributed by atoms with Gasteiger partial charge < -0.3 is 29.0 Å². The molecule has 0 saturated carbocycles.